The molecule has 0 radical (unpaired) electrons. The number of aliphatic carboxylic acids is 1. The SMILES string of the molecule is Cc1cccc(COc2ccc(CN3CCC(O)=C(C(=O)NCC(=O)O)C3=O)cc2)n1. The molecule has 0 saturated carbocycles. The molecule has 0 aliphatic carbocycles. The molecule has 1 aromatic heterocycles. The van der Waals surface area contributed by atoms with Crippen LogP contribution >= 0.6 is 0 Å². The Kier molecular flexibility index (Phi) is 6.86. The van der Waals surface area contributed by atoms with Crippen molar-refractivity contribution in [3.63, 3.8) is 0 Å². The molecule has 162 valence electrons. The van der Waals surface area contributed by atoms with Crippen molar-refractivity contribution in [2.75, 3.05) is 13.1 Å². The molecule has 2 amide bonds. The first-order valence-electron chi connectivity index (χ1n) is 9.69. The summed E-state index contributed by atoms with van der Waals surface area (Å²) in [6.45, 7) is 2.10. The van der Waals surface area contributed by atoms with E-state index in [0.717, 1.165) is 17.0 Å². The van der Waals surface area contributed by atoms with Crippen LogP contribution in [0.5, 0.6) is 5.75 Å². The zero-order valence-corrected chi connectivity index (χ0v) is 17.0. The fourth-order valence-electron chi connectivity index (χ4n) is 3.12. The average Bonchev–Trinajstić information content (AvgIpc) is 2.74. The highest BCUT2D eigenvalue weighted by molar-refractivity contribution is 6.19. The first-order valence-corrected chi connectivity index (χ1v) is 9.69. The number of hydrogen-bond donors (Lipinski definition) is 3. The van der Waals surface area contributed by atoms with Crippen molar-refractivity contribution in [2.45, 2.75) is 26.5 Å². The van der Waals surface area contributed by atoms with E-state index in [2.05, 4.69) is 10.3 Å². The number of carbonyl (C=O) groups is 3. The maximum Gasteiger partial charge on any atom is 0.322 e. The van der Waals surface area contributed by atoms with Gasteiger partial charge < -0.3 is 25.2 Å². The van der Waals surface area contributed by atoms with Crippen LogP contribution in [0.15, 0.2) is 53.8 Å². The lowest BCUT2D eigenvalue weighted by Gasteiger charge is -2.28. The monoisotopic (exact) mass is 425 g/mol. The molecule has 0 spiro atoms. The Hall–Kier alpha value is -3.88. The first kappa shape index (κ1) is 21.8. The number of rotatable bonds is 8. The van der Waals surface area contributed by atoms with Gasteiger partial charge in [0, 0.05) is 25.2 Å². The van der Waals surface area contributed by atoms with Crippen molar-refractivity contribution in [2.24, 2.45) is 0 Å². The molecule has 1 aliphatic heterocycles. The molecule has 0 atom stereocenters. The highest BCUT2D eigenvalue weighted by atomic mass is 16.5. The number of nitrogens with one attached hydrogen (secondary N) is 1. The van der Waals surface area contributed by atoms with E-state index >= 15 is 0 Å². The molecular weight excluding hydrogens is 402 g/mol. The van der Waals surface area contributed by atoms with Gasteiger partial charge in [-0.05, 0) is 36.8 Å². The van der Waals surface area contributed by atoms with E-state index in [1.165, 1.54) is 4.90 Å². The molecule has 2 heterocycles. The number of carboxylic acid groups (broad SMARTS) is 1. The number of hydrogen-bond acceptors (Lipinski definition) is 6. The van der Waals surface area contributed by atoms with Crippen LogP contribution < -0.4 is 10.1 Å². The number of benzene rings is 1. The summed E-state index contributed by atoms with van der Waals surface area (Å²) in [7, 11) is 0. The smallest absolute Gasteiger partial charge is 0.322 e. The first-order chi connectivity index (χ1) is 14.8. The predicted molar refractivity (Wildman–Crippen MR) is 110 cm³/mol. The quantitative estimate of drug-likeness (QED) is 0.549. The zero-order valence-electron chi connectivity index (χ0n) is 17.0. The van der Waals surface area contributed by atoms with Crippen molar-refractivity contribution < 1.29 is 29.3 Å². The maximum absolute atomic E-state index is 12.6. The second-order valence-corrected chi connectivity index (χ2v) is 7.08. The van der Waals surface area contributed by atoms with Crippen LogP contribution in [0, 0.1) is 6.92 Å². The summed E-state index contributed by atoms with van der Waals surface area (Å²) < 4.78 is 5.74. The number of aliphatic hydroxyl groups excluding tert-OH is 1. The third kappa shape index (κ3) is 5.81. The number of aryl methyl sites for hydroxylation is 1. The van der Waals surface area contributed by atoms with Crippen LogP contribution in [0.4, 0.5) is 0 Å². The van der Waals surface area contributed by atoms with Gasteiger partial charge in [0.2, 0.25) is 0 Å². The van der Waals surface area contributed by atoms with E-state index in [9.17, 15) is 19.5 Å². The maximum atomic E-state index is 12.6. The number of ether oxygens (including phenoxy) is 1. The van der Waals surface area contributed by atoms with Crippen LogP contribution in [0.25, 0.3) is 0 Å². The number of pyridine rings is 1. The molecule has 1 aliphatic rings. The molecule has 3 N–H and O–H groups in total. The number of aromatic nitrogens is 1. The molecule has 31 heavy (non-hydrogen) atoms. The van der Waals surface area contributed by atoms with E-state index in [-0.39, 0.29) is 25.3 Å². The number of carbonyl (C=O) groups excluding carboxylic acids is 2. The normalized spacial score (nSPS) is 13.8. The molecule has 0 unspecified atom stereocenters. The zero-order chi connectivity index (χ0) is 22.4. The van der Waals surface area contributed by atoms with E-state index < -0.39 is 29.9 Å². The van der Waals surface area contributed by atoms with Crippen molar-refractivity contribution in [1.29, 1.82) is 0 Å². The van der Waals surface area contributed by atoms with Gasteiger partial charge in [0.25, 0.3) is 11.8 Å². The van der Waals surface area contributed by atoms with Gasteiger partial charge in [-0.15, -0.1) is 0 Å². The molecule has 0 saturated heterocycles. The third-order valence-electron chi connectivity index (χ3n) is 4.66. The molecular formula is C22H23N3O6. The number of carboxylic acids is 1. The van der Waals surface area contributed by atoms with Crippen LogP contribution in [0.2, 0.25) is 0 Å². The summed E-state index contributed by atoms with van der Waals surface area (Å²) in [4.78, 5) is 41.2. The predicted octanol–water partition coefficient (Wildman–Crippen LogP) is 1.71. The average molecular weight is 425 g/mol. The summed E-state index contributed by atoms with van der Waals surface area (Å²) in [5.41, 5.74) is 2.14. The van der Waals surface area contributed by atoms with Crippen LogP contribution in [-0.4, -0.2) is 51.0 Å². The standard InChI is InChI=1S/C22H23N3O6/c1-14-3-2-4-16(24-14)13-31-17-7-5-15(6-8-17)12-25-10-9-18(26)20(22(25)30)21(29)23-11-19(27)28/h2-8,26H,9-13H2,1H3,(H,23,29)(H,27,28). The van der Waals surface area contributed by atoms with Gasteiger partial charge in [0.1, 0.15) is 30.2 Å². The molecule has 1 aromatic carbocycles. The number of aliphatic hydroxyl groups is 1. The second-order valence-electron chi connectivity index (χ2n) is 7.08. The third-order valence-corrected chi connectivity index (χ3v) is 4.66. The van der Waals surface area contributed by atoms with Crippen LogP contribution in [0.1, 0.15) is 23.4 Å². The molecule has 0 fully saturated rings. The van der Waals surface area contributed by atoms with Gasteiger partial charge in [-0.1, -0.05) is 18.2 Å². The van der Waals surface area contributed by atoms with Crippen molar-refractivity contribution >= 4 is 17.8 Å². The molecule has 3 rings (SSSR count). The minimum Gasteiger partial charge on any atom is -0.511 e. The van der Waals surface area contributed by atoms with Crippen molar-refractivity contribution in [3.05, 3.63) is 70.7 Å². The lowest BCUT2D eigenvalue weighted by Crippen LogP contribution is -2.43. The van der Waals surface area contributed by atoms with Crippen LogP contribution in [-0.2, 0) is 27.5 Å². The molecule has 2 aromatic rings. The highest BCUT2D eigenvalue weighted by Gasteiger charge is 2.32. The summed E-state index contributed by atoms with van der Waals surface area (Å²) in [6.07, 6.45) is 0.117. The summed E-state index contributed by atoms with van der Waals surface area (Å²) in [5.74, 6) is -2.46. The minimum atomic E-state index is -1.24. The summed E-state index contributed by atoms with van der Waals surface area (Å²) in [6, 6.07) is 12.9. The van der Waals surface area contributed by atoms with E-state index in [1.54, 1.807) is 12.1 Å². The Labute approximate surface area is 179 Å². The highest BCUT2D eigenvalue weighted by Crippen LogP contribution is 2.21. The van der Waals surface area contributed by atoms with Gasteiger partial charge in [-0.3, -0.25) is 19.4 Å². The Morgan fingerprint density at radius 3 is 2.61 bits per heavy atom. The Morgan fingerprint density at radius 2 is 1.94 bits per heavy atom. The minimum absolute atomic E-state index is 0.117. The molecule has 9 nitrogen and oxygen atoms in total. The summed E-state index contributed by atoms with van der Waals surface area (Å²) >= 11 is 0. The lowest BCUT2D eigenvalue weighted by atomic mass is 10.0. The Balaban J connectivity index is 1.60. The molecule has 9 heteroatoms. The number of amides is 2. The van der Waals surface area contributed by atoms with Crippen LogP contribution in [0.3, 0.4) is 0 Å². The lowest BCUT2D eigenvalue weighted by molar-refractivity contribution is -0.138. The molecule has 0 bridgehead atoms. The second kappa shape index (κ2) is 9.75. The van der Waals surface area contributed by atoms with Gasteiger partial charge in [0.05, 0.1) is 5.69 Å². The fourth-order valence-corrected chi connectivity index (χ4v) is 3.12. The Morgan fingerprint density at radius 1 is 1.19 bits per heavy atom. The van der Waals surface area contributed by atoms with Crippen molar-refractivity contribution in [3.8, 4) is 5.75 Å². The number of nitrogens with zero attached hydrogens (tertiary/aromatic N) is 2. The van der Waals surface area contributed by atoms with Gasteiger partial charge in [-0.25, -0.2) is 0 Å². The van der Waals surface area contributed by atoms with E-state index in [4.69, 9.17) is 9.84 Å². The van der Waals surface area contributed by atoms with Crippen molar-refractivity contribution in [1.82, 2.24) is 15.2 Å². The van der Waals surface area contributed by atoms with Gasteiger partial charge in [-0.2, -0.15) is 0 Å². The van der Waals surface area contributed by atoms with Gasteiger partial charge >= 0.3 is 5.97 Å². The largest absolute Gasteiger partial charge is 0.511 e. The van der Waals surface area contributed by atoms with E-state index in [1.807, 2.05) is 37.3 Å². The Bertz CT molecular complexity index is 1020. The topological polar surface area (TPSA) is 129 Å². The fraction of sp³-hybridized carbons (Fsp3) is 0.273. The summed E-state index contributed by atoms with van der Waals surface area (Å²) in [5, 5.41) is 20.8. The van der Waals surface area contributed by atoms with E-state index in [0.29, 0.717) is 12.4 Å². The van der Waals surface area contributed by atoms with Gasteiger partial charge in [0.15, 0.2) is 0 Å².